The second-order valence-electron chi connectivity index (χ2n) is 6.10. The van der Waals surface area contributed by atoms with Gasteiger partial charge in [-0.25, -0.2) is 13.9 Å². The van der Waals surface area contributed by atoms with Crippen molar-refractivity contribution in [2.24, 2.45) is 0 Å². The van der Waals surface area contributed by atoms with Crippen molar-refractivity contribution in [3.63, 3.8) is 0 Å². The molecule has 0 saturated carbocycles. The number of fused-ring (bicyclic) bond motifs is 2. The van der Waals surface area contributed by atoms with Crippen LogP contribution in [0.1, 0.15) is 29.3 Å². The highest BCUT2D eigenvalue weighted by molar-refractivity contribution is 5.99. The Morgan fingerprint density at radius 2 is 2.23 bits per heavy atom. The Morgan fingerprint density at radius 3 is 3.08 bits per heavy atom. The van der Waals surface area contributed by atoms with Gasteiger partial charge < -0.3 is 15.4 Å². The first-order valence-corrected chi connectivity index (χ1v) is 8.45. The third-order valence-electron chi connectivity index (χ3n) is 4.34. The maximum absolute atomic E-state index is 13.7. The van der Waals surface area contributed by atoms with Crippen molar-refractivity contribution < 1.29 is 13.9 Å². The molecule has 2 N–H and O–H groups in total. The third-order valence-corrected chi connectivity index (χ3v) is 4.34. The zero-order chi connectivity index (χ0) is 18.1. The molecule has 0 radical (unpaired) electrons. The molecule has 4 rings (SSSR count). The van der Waals surface area contributed by atoms with Crippen LogP contribution in [0.3, 0.4) is 0 Å². The number of carbonyl (C=O) groups is 1. The number of hydrogen-bond acceptors (Lipinski definition) is 5. The first-order chi connectivity index (χ1) is 12.6. The number of amides is 1. The molecule has 134 valence electrons. The Morgan fingerprint density at radius 1 is 1.35 bits per heavy atom. The summed E-state index contributed by atoms with van der Waals surface area (Å²) in [6.07, 6.45) is 3.68. The van der Waals surface area contributed by atoms with Crippen molar-refractivity contribution in [2.75, 3.05) is 11.9 Å². The van der Waals surface area contributed by atoms with Crippen LogP contribution >= 0.6 is 0 Å². The van der Waals surface area contributed by atoms with E-state index in [4.69, 9.17) is 4.74 Å². The Labute approximate surface area is 149 Å². The van der Waals surface area contributed by atoms with Crippen LogP contribution in [0.2, 0.25) is 0 Å². The van der Waals surface area contributed by atoms with Gasteiger partial charge in [-0.15, -0.1) is 0 Å². The number of halogens is 1. The van der Waals surface area contributed by atoms with Crippen molar-refractivity contribution in [1.29, 1.82) is 0 Å². The Kier molecular flexibility index (Phi) is 4.16. The van der Waals surface area contributed by atoms with Crippen molar-refractivity contribution in [3.05, 3.63) is 53.6 Å². The molecule has 0 saturated heterocycles. The van der Waals surface area contributed by atoms with E-state index in [1.54, 1.807) is 22.8 Å². The highest BCUT2D eigenvalue weighted by Gasteiger charge is 2.18. The number of nitrogens with one attached hydrogen (secondary N) is 2. The average Bonchev–Trinajstić information content (AvgIpc) is 3.07. The van der Waals surface area contributed by atoms with Crippen molar-refractivity contribution in [2.45, 2.75) is 26.0 Å². The molecule has 1 atom stereocenters. The van der Waals surface area contributed by atoms with Crippen molar-refractivity contribution >= 4 is 17.4 Å². The topological polar surface area (TPSA) is 80.6 Å². The summed E-state index contributed by atoms with van der Waals surface area (Å²) in [6.45, 7) is 2.65. The van der Waals surface area contributed by atoms with Gasteiger partial charge in [-0.2, -0.15) is 5.10 Å². The van der Waals surface area contributed by atoms with Crippen LogP contribution < -0.4 is 15.4 Å². The minimum atomic E-state index is -0.332. The van der Waals surface area contributed by atoms with Crippen LogP contribution in [0.25, 0.3) is 5.65 Å². The molecule has 1 aliphatic rings. The molecule has 1 aliphatic heterocycles. The summed E-state index contributed by atoms with van der Waals surface area (Å²) in [5.74, 6) is 0.559. The standard InChI is InChI=1S/C18H18FN5O2/c1-2-13-9-21-18(25)14-10-22-24-6-5-16(23-17(14)24)20-8-11-7-12(19)3-4-15(11)26-13/h3-7,10,13H,2,8-9H2,1H3,(H,20,23)(H,21,25)/t13-/m0/s1. The lowest BCUT2D eigenvalue weighted by Gasteiger charge is -2.20. The van der Waals surface area contributed by atoms with Gasteiger partial charge in [0.2, 0.25) is 0 Å². The lowest BCUT2D eigenvalue weighted by atomic mass is 10.1. The second-order valence-corrected chi connectivity index (χ2v) is 6.10. The molecule has 0 fully saturated rings. The lowest BCUT2D eigenvalue weighted by molar-refractivity contribution is 0.0927. The Balaban J connectivity index is 1.77. The highest BCUT2D eigenvalue weighted by atomic mass is 19.1. The van der Waals surface area contributed by atoms with E-state index in [1.807, 2.05) is 6.92 Å². The van der Waals surface area contributed by atoms with Crippen LogP contribution in [0.15, 0.2) is 36.7 Å². The molecule has 1 amide bonds. The summed E-state index contributed by atoms with van der Waals surface area (Å²) < 4.78 is 21.3. The normalized spacial score (nSPS) is 17.3. The monoisotopic (exact) mass is 355 g/mol. The zero-order valence-corrected chi connectivity index (χ0v) is 14.2. The number of hydrogen-bond donors (Lipinski definition) is 2. The molecule has 26 heavy (non-hydrogen) atoms. The van der Waals surface area contributed by atoms with Crippen LogP contribution in [0.4, 0.5) is 10.2 Å². The van der Waals surface area contributed by atoms with Crippen LogP contribution in [0, 0.1) is 5.82 Å². The first-order valence-electron chi connectivity index (χ1n) is 8.45. The summed E-state index contributed by atoms with van der Waals surface area (Å²) in [6, 6.07) is 6.17. The smallest absolute Gasteiger partial charge is 0.256 e. The van der Waals surface area contributed by atoms with Crippen LogP contribution in [-0.4, -0.2) is 33.2 Å². The van der Waals surface area contributed by atoms with E-state index in [0.29, 0.717) is 47.9 Å². The molecule has 8 heteroatoms. The quantitative estimate of drug-likeness (QED) is 0.701. The predicted octanol–water partition coefficient (Wildman–Crippen LogP) is 2.38. The SMILES string of the molecule is CC[C@H]1CNC(=O)c2cnn3ccc(nc23)NCc2cc(F)ccc2O1. The fraction of sp³-hybridized carbons (Fsp3) is 0.278. The number of anilines is 1. The molecule has 2 bridgehead atoms. The van der Waals surface area contributed by atoms with Gasteiger partial charge >= 0.3 is 0 Å². The summed E-state index contributed by atoms with van der Waals surface area (Å²) in [5, 5.41) is 10.2. The molecular weight excluding hydrogens is 337 g/mol. The average molecular weight is 355 g/mol. The fourth-order valence-electron chi connectivity index (χ4n) is 2.87. The maximum Gasteiger partial charge on any atom is 0.256 e. The minimum absolute atomic E-state index is 0.231. The lowest BCUT2D eigenvalue weighted by Crippen LogP contribution is -2.35. The molecule has 3 aromatic rings. The highest BCUT2D eigenvalue weighted by Crippen LogP contribution is 2.23. The molecular formula is C18H18FN5O2. The summed E-state index contributed by atoms with van der Waals surface area (Å²) >= 11 is 0. The molecule has 3 heterocycles. The molecule has 0 aliphatic carbocycles. The van der Waals surface area contributed by atoms with E-state index >= 15 is 0 Å². The van der Waals surface area contributed by atoms with E-state index in [0.717, 1.165) is 0 Å². The maximum atomic E-state index is 13.7. The van der Waals surface area contributed by atoms with Gasteiger partial charge in [0.05, 0.1) is 12.7 Å². The van der Waals surface area contributed by atoms with Gasteiger partial charge in [-0.1, -0.05) is 6.92 Å². The summed E-state index contributed by atoms with van der Waals surface area (Å²) in [7, 11) is 0. The molecule has 0 unspecified atom stereocenters. The van der Waals surface area contributed by atoms with Gasteiger partial charge in [0.15, 0.2) is 5.65 Å². The minimum Gasteiger partial charge on any atom is -0.488 e. The van der Waals surface area contributed by atoms with Crippen LogP contribution in [-0.2, 0) is 6.54 Å². The van der Waals surface area contributed by atoms with E-state index in [9.17, 15) is 9.18 Å². The zero-order valence-electron chi connectivity index (χ0n) is 14.2. The fourth-order valence-corrected chi connectivity index (χ4v) is 2.87. The summed E-state index contributed by atoms with van der Waals surface area (Å²) in [4.78, 5) is 17.0. The van der Waals surface area contributed by atoms with Gasteiger partial charge in [0.1, 0.15) is 29.1 Å². The molecule has 7 nitrogen and oxygen atoms in total. The number of nitrogens with zero attached hydrogens (tertiary/aromatic N) is 3. The van der Waals surface area contributed by atoms with E-state index in [1.165, 1.54) is 18.3 Å². The van der Waals surface area contributed by atoms with E-state index < -0.39 is 0 Å². The molecule has 1 aromatic carbocycles. The number of aromatic nitrogens is 3. The van der Waals surface area contributed by atoms with Crippen LogP contribution in [0.5, 0.6) is 5.75 Å². The predicted molar refractivity (Wildman–Crippen MR) is 93.8 cm³/mol. The summed E-state index contributed by atoms with van der Waals surface area (Å²) in [5.41, 5.74) is 1.54. The number of rotatable bonds is 1. The largest absolute Gasteiger partial charge is 0.488 e. The Bertz CT molecular complexity index is 971. The Hall–Kier alpha value is -3.16. The molecule has 0 spiro atoms. The number of benzene rings is 1. The first kappa shape index (κ1) is 16.3. The molecule has 2 aromatic heterocycles. The van der Waals surface area contributed by atoms with Gasteiger partial charge in [0.25, 0.3) is 5.91 Å². The van der Waals surface area contributed by atoms with E-state index in [-0.39, 0.29) is 17.8 Å². The number of ether oxygens (including phenoxy) is 1. The number of carbonyl (C=O) groups excluding carboxylic acids is 1. The third kappa shape index (κ3) is 3.05. The van der Waals surface area contributed by atoms with Gasteiger partial charge in [-0.05, 0) is 30.7 Å². The van der Waals surface area contributed by atoms with E-state index in [2.05, 4.69) is 20.7 Å². The second kappa shape index (κ2) is 6.62. The van der Waals surface area contributed by atoms with Gasteiger partial charge in [0, 0.05) is 18.3 Å². The van der Waals surface area contributed by atoms with Crippen molar-refractivity contribution in [1.82, 2.24) is 19.9 Å². The van der Waals surface area contributed by atoms with Crippen molar-refractivity contribution in [3.8, 4) is 5.75 Å². The van der Waals surface area contributed by atoms with Gasteiger partial charge in [-0.3, -0.25) is 4.79 Å².